The molecule has 1 aromatic heterocycles. The summed E-state index contributed by atoms with van der Waals surface area (Å²) >= 11 is 0. The second kappa shape index (κ2) is 8.56. The third-order valence-corrected chi connectivity index (χ3v) is 6.74. The van der Waals surface area contributed by atoms with Crippen molar-refractivity contribution in [1.29, 1.82) is 0 Å². The lowest BCUT2D eigenvalue weighted by atomic mass is 9.81. The van der Waals surface area contributed by atoms with Gasteiger partial charge in [0.05, 0.1) is 12.3 Å². The molecule has 1 amide bonds. The van der Waals surface area contributed by atoms with Gasteiger partial charge in [-0.2, -0.15) is 5.10 Å². The minimum Gasteiger partial charge on any atom is -0.476 e. The Labute approximate surface area is 173 Å². The number of nitrogens with one attached hydrogen (secondary N) is 2. The molecule has 2 N–H and O–H groups in total. The summed E-state index contributed by atoms with van der Waals surface area (Å²) in [6.45, 7) is 8.64. The van der Waals surface area contributed by atoms with Crippen LogP contribution in [0.25, 0.3) is 0 Å². The molecule has 4 rings (SSSR count). The highest BCUT2D eigenvalue weighted by Gasteiger charge is 2.42. The molecule has 1 saturated carbocycles. The number of ether oxygens (including phenoxy) is 1. The van der Waals surface area contributed by atoms with E-state index in [0.29, 0.717) is 30.4 Å². The van der Waals surface area contributed by atoms with Gasteiger partial charge in [0.25, 0.3) is 0 Å². The molecule has 2 aliphatic heterocycles. The Kier molecular flexibility index (Phi) is 6.06. The third kappa shape index (κ3) is 4.72. The molecule has 160 valence electrons. The van der Waals surface area contributed by atoms with Crippen LogP contribution < -0.4 is 15.6 Å². The molecule has 3 unspecified atom stereocenters. The Hall–Kier alpha value is -1.73. The van der Waals surface area contributed by atoms with Crippen LogP contribution in [0.1, 0.15) is 65.0 Å². The van der Waals surface area contributed by atoms with Gasteiger partial charge in [-0.05, 0) is 37.7 Å². The van der Waals surface area contributed by atoms with Gasteiger partial charge in [-0.25, -0.2) is 5.43 Å². The average molecular weight is 402 g/mol. The molecular weight excluding hydrogens is 366 g/mol. The SMILES string of the molecule is CC(C)(C)c1ccc(OCC2CCN(C(=O)C3NNC4CCCCC43)CC2)nn1. The predicted molar refractivity (Wildman–Crippen MR) is 111 cm³/mol. The highest BCUT2D eigenvalue weighted by Crippen LogP contribution is 2.31. The topological polar surface area (TPSA) is 79.4 Å². The molecule has 0 aromatic carbocycles. The summed E-state index contributed by atoms with van der Waals surface area (Å²) in [5.41, 5.74) is 7.60. The molecule has 3 aliphatic rings. The fraction of sp³-hybridized carbons (Fsp3) is 0.773. The number of amides is 1. The number of carbonyl (C=O) groups excluding carboxylic acids is 1. The number of piperidine rings is 1. The maximum Gasteiger partial charge on any atom is 0.241 e. The van der Waals surface area contributed by atoms with Crippen LogP contribution in [0.3, 0.4) is 0 Å². The predicted octanol–water partition coefficient (Wildman–Crippen LogP) is 2.43. The summed E-state index contributed by atoms with van der Waals surface area (Å²) in [4.78, 5) is 15.1. The first kappa shape index (κ1) is 20.5. The number of fused-ring (bicyclic) bond motifs is 1. The molecule has 0 radical (unpaired) electrons. The number of rotatable bonds is 4. The van der Waals surface area contributed by atoms with E-state index in [1.54, 1.807) is 0 Å². The fourth-order valence-corrected chi connectivity index (χ4v) is 4.80. The van der Waals surface area contributed by atoms with E-state index in [1.165, 1.54) is 19.3 Å². The Morgan fingerprint density at radius 1 is 1.10 bits per heavy atom. The molecule has 1 aliphatic carbocycles. The largest absolute Gasteiger partial charge is 0.476 e. The van der Waals surface area contributed by atoms with E-state index in [9.17, 15) is 4.79 Å². The summed E-state index contributed by atoms with van der Waals surface area (Å²) in [6, 6.07) is 4.32. The molecule has 7 nitrogen and oxygen atoms in total. The molecule has 2 saturated heterocycles. The van der Waals surface area contributed by atoms with Crippen LogP contribution in [0.4, 0.5) is 0 Å². The zero-order valence-corrected chi connectivity index (χ0v) is 18.0. The molecular formula is C22H35N5O2. The van der Waals surface area contributed by atoms with E-state index in [-0.39, 0.29) is 17.4 Å². The van der Waals surface area contributed by atoms with Crippen LogP contribution in [-0.4, -0.2) is 52.8 Å². The first-order valence-electron chi connectivity index (χ1n) is 11.2. The molecule has 3 fully saturated rings. The smallest absolute Gasteiger partial charge is 0.241 e. The Balaban J connectivity index is 1.23. The number of nitrogens with zero attached hydrogens (tertiary/aromatic N) is 3. The number of carbonyl (C=O) groups is 1. The second-order valence-electron chi connectivity index (χ2n) is 9.91. The summed E-state index contributed by atoms with van der Waals surface area (Å²) in [5.74, 6) is 1.77. The number of likely N-dealkylation sites (tertiary alicyclic amines) is 1. The summed E-state index contributed by atoms with van der Waals surface area (Å²) in [7, 11) is 0. The van der Waals surface area contributed by atoms with Gasteiger partial charge >= 0.3 is 0 Å². The Morgan fingerprint density at radius 2 is 1.86 bits per heavy atom. The van der Waals surface area contributed by atoms with Gasteiger partial charge in [-0.3, -0.25) is 10.2 Å². The molecule has 0 spiro atoms. The highest BCUT2D eigenvalue weighted by molar-refractivity contribution is 5.82. The van der Waals surface area contributed by atoms with Crippen molar-refractivity contribution in [2.75, 3.05) is 19.7 Å². The lowest BCUT2D eigenvalue weighted by Gasteiger charge is -2.35. The van der Waals surface area contributed by atoms with Gasteiger partial charge in [0.1, 0.15) is 6.04 Å². The van der Waals surface area contributed by atoms with Crippen LogP contribution in [0.15, 0.2) is 12.1 Å². The average Bonchev–Trinajstić information content (AvgIpc) is 3.16. The second-order valence-corrected chi connectivity index (χ2v) is 9.91. The summed E-state index contributed by atoms with van der Waals surface area (Å²) < 4.78 is 5.88. The van der Waals surface area contributed by atoms with Crippen molar-refractivity contribution in [1.82, 2.24) is 25.9 Å². The van der Waals surface area contributed by atoms with Gasteiger partial charge in [-0.15, -0.1) is 5.10 Å². The van der Waals surface area contributed by atoms with Gasteiger partial charge in [0.2, 0.25) is 11.8 Å². The van der Waals surface area contributed by atoms with Crippen LogP contribution in [0.2, 0.25) is 0 Å². The molecule has 0 bridgehead atoms. The van der Waals surface area contributed by atoms with E-state index in [4.69, 9.17) is 4.74 Å². The van der Waals surface area contributed by atoms with E-state index >= 15 is 0 Å². The lowest BCUT2D eigenvalue weighted by molar-refractivity contribution is -0.135. The lowest BCUT2D eigenvalue weighted by Crippen LogP contribution is -2.50. The van der Waals surface area contributed by atoms with Crippen molar-refractivity contribution >= 4 is 5.91 Å². The molecule has 1 aromatic rings. The number of aromatic nitrogens is 2. The van der Waals surface area contributed by atoms with Gasteiger partial charge in [0, 0.05) is 36.5 Å². The van der Waals surface area contributed by atoms with Crippen LogP contribution in [-0.2, 0) is 10.2 Å². The molecule has 7 heteroatoms. The summed E-state index contributed by atoms with van der Waals surface area (Å²) in [5, 5.41) is 8.50. The zero-order chi connectivity index (χ0) is 20.4. The highest BCUT2D eigenvalue weighted by atomic mass is 16.5. The first-order chi connectivity index (χ1) is 13.9. The van der Waals surface area contributed by atoms with Gasteiger partial charge in [0.15, 0.2) is 0 Å². The Morgan fingerprint density at radius 3 is 2.55 bits per heavy atom. The van der Waals surface area contributed by atoms with Crippen LogP contribution in [0, 0.1) is 11.8 Å². The third-order valence-electron chi connectivity index (χ3n) is 6.74. The van der Waals surface area contributed by atoms with E-state index in [1.807, 2.05) is 17.0 Å². The summed E-state index contributed by atoms with van der Waals surface area (Å²) in [6.07, 6.45) is 6.81. The van der Waals surface area contributed by atoms with Crippen molar-refractivity contribution in [3.8, 4) is 5.88 Å². The van der Waals surface area contributed by atoms with Crippen molar-refractivity contribution in [3.63, 3.8) is 0 Å². The van der Waals surface area contributed by atoms with Gasteiger partial charge in [-0.1, -0.05) is 33.6 Å². The van der Waals surface area contributed by atoms with E-state index in [0.717, 1.165) is 38.0 Å². The quantitative estimate of drug-likeness (QED) is 0.807. The number of hydrogen-bond acceptors (Lipinski definition) is 6. The maximum atomic E-state index is 13.0. The number of hydrogen-bond donors (Lipinski definition) is 2. The standard InChI is InChI=1S/C22H35N5O2/c1-22(2,3)18-8-9-19(25-24-18)29-14-15-10-12-27(13-11-15)21(28)20-16-6-4-5-7-17(16)23-26-20/h8-9,15-17,20,23,26H,4-7,10-14H2,1-3H3. The first-order valence-corrected chi connectivity index (χ1v) is 11.2. The fourth-order valence-electron chi connectivity index (χ4n) is 4.80. The minimum atomic E-state index is -0.0512. The molecule has 3 heterocycles. The monoisotopic (exact) mass is 401 g/mol. The van der Waals surface area contributed by atoms with Gasteiger partial charge < -0.3 is 9.64 Å². The maximum absolute atomic E-state index is 13.0. The van der Waals surface area contributed by atoms with Crippen molar-refractivity contribution in [2.24, 2.45) is 11.8 Å². The normalized spacial score (nSPS) is 28.2. The molecule has 3 atom stereocenters. The van der Waals surface area contributed by atoms with Crippen molar-refractivity contribution in [2.45, 2.75) is 76.8 Å². The van der Waals surface area contributed by atoms with Crippen LogP contribution in [0.5, 0.6) is 5.88 Å². The van der Waals surface area contributed by atoms with E-state index in [2.05, 4.69) is 41.8 Å². The Bertz CT molecular complexity index is 694. The zero-order valence-electron chi connectivity index (χ0n) is 18.0. The van der Waals surface area contributed by atoms with Crippen molar-refractivity contribution in [3.05, 3.63) is 17.8 Å². The minimum absolute atomic E-state index is 0.00770. The van der Waals surface area contributed by atoms with E-state index < -0.39 is 0 Å². The van der Waals surface area contributed by atoms with Crippen LogP contribution >= 0.6 is 0 Å². The number of hydrazine groups is 1. The van der Waals surface area contributed by atoms with Crippen molar-refractivity contribution < 1.29 is 9.53 Å². The molecule has 29 heavy (non-hydrogen) atoms.